The molecular weight excluding hydrogens is 275 g/mol. The summed E-state index contributed by atoms with van der Waals surface area (Å²) in [4.78, 5) is 10.6. The van der Waals surface area contributed by atoms with Gasteiger partial charge in [0, 0.05) is 12.0 Å². The van der Waals surface area contributed by atoms with E-state index in [4.69, 9.17) is 28.3 Å². The second-order valence-corrected chi connectivity index (χ2v) is 4.61. The van der Waals surface area contributed by atoms with Gasteiger partial charge in [0.1, 0.15) is 0 Å². The average molecular weight is 285 g/mol. The summed E-state index contributed by atoms with van der Waals surface area (Å²) >= 11 is 11.8. The first kappa shape index (κ1) is 12.9. The molecule has 6 heteroatoms. The fourth-order valence-electron chi connectivity index (χ4n) is 1.64. The summed E-state index contributed by atoms with van der Waals surface area (Å²) in [5.41, 5.74) is 2.45. The van der Waals surface area contributed by atoms with Crippen molar-refractivity contribution in [2.75, 3.05) is 0 Å². The molecule has 1 aromatic carbocycles. The number of nitrogens with one attached hydrogen (secondary N) is 1. The van der Waals surface area contributed by atoms with E-state index < -0.39 is 5.97 Å². The van der Waals surface area contributed by atoms with Crippen molar-refractivity contribution in [2.45, 2.75) is 12.8 Å². The smallest absolute Gasteiger partial charge is 0.303 e. The van der Waals surface area contributed by atoms with Crippen molar-refractivity contribution in [3.63, 3.8) is 0 Å². The molecule has 0 spiro atoms. The maximum atomic E-state index is 10.6. The number of carboxylic acids is 1. The highest BCUT2D eigenvalue weighted by atomic mass is 35.5. The molecule has 0 bridgehead atoms. The lowest BCUT2D eigenvalue weighted by atomic mass is 10.0. The third-order valence-corrected chi connectivity index (χ3v) is 3.27. The molecule has 0 aliphatic carbocycles. The van der Waals surface area contributed by atoms with E-state index in [0.29, 0.717) is 16.5 Å². The Bertz CT molecular complexity index is 581. The fraction of sp³-hybridized carbons (Fsp3) is 0.167. The van der Waals surface area contributed by atoms with Crippen molar-refractivity contribution >= 4 is 29.2 Å². The minimum absolute atomic E-state index is 0.0633. The molecule has 18 heavy (non-hydrogen) atoms. The third-order valence-electron chi connectivity index (χ3n) is 2.53. The Balaban J connectivity index is 2.30. The SMILES string of the molecule is O=C(O)CCc1cn[nH]c1-c1ccc(Cl)c(Cl)c1. The molecule has 0 saturated carbocycles. The molecule has 1 aromatic heterocycles. The van der Waals surface area contributed by atoms with Crippen LogP contribution in [0.5, 0.6) is 0 Å². The number of aliphatic carboxylic acids is 1. The zero-order valence-corrected chi connectivity index (χ0v) is 10.8. The van der Waals surface area contributed by atoms with Crippen LogP contribution in [0.4, 0.5) is 0 Å². The minimum Gasteiger partial charge on any atom is -0.481 e. The molecule has 2 rings (SSSR count). The number of hydrogen-bond acceptors (Lipinski definition) is 2. The van der Waals surface area contributed by atoms with Gasteiger partial charge < -0.3 is 5.11 Å². The number of aromatic amines is 1. The number of benzene rings is 1. The lowest BCUT2D eigenvalue weighted by Gasteiger charge is -2.04. The van der Waals surface area contributed by atoms with Crippen LogP contribution in [0.3, 0.4) is 0 Å². The fourth-order valence-corrected chi connectivity index (χ4v) is 1.94. The number of aryl methyl sites for hydroxylation is 1. The van der Waals surface area contributed by atoms with Crippen LogP contribution in [-0.2, 0) is 11.2 Å². The van der Waals surface area contributed by atoms with Gasteiger partial charge in [-0.2, -0.15) is 5.10 Å². The molecule has 0 unspecified atom stereocenters. The van der Waals surface area contributed by atoms with E-state index in [9.17, 15) is 4.79 Å². The van der Waals surface area contributed by atoms with Crippen LogP contribution in [0.25, 0.3) is 11.3 Å². The van der Waals surface area contributed by atoms with E-state index in [2.05, 4.69) is 10.2 Å². The second-order valence-electron chi connectivity index (χ2n) is 3.79. The van der Waals surface area contributed by atoms with E-state index in [-0.39, 0.29) is 6.42 Å². The van der Waals surface area contributed by atoms with Gasteiger partial charge in [0.15, 0.2) is 0 Å². The molecule has 2 N–H and O–H groups in total. The van der Waals surface area contributed by atoms with E-state index in [1.807, 2.05) is 6.07 Å². The van der Waals surface area contributed by atoms with Crippen molar-refractivity contribution in [2.24, 2.45) is 0 Å². The summed E-state index contributed by atoms with van der Waals surface area (Å²) in [5, 5.41) is 16.4. The van der Waals surface area contributed by atoms with Crippen molar-refractivity contribution in [3.8, 4) is 11.3 Å². The van der Waals surface area contributed by atoms with Gasteiger partial charge in [0.05, 0.1) is 21.9 Å². The van der Waals surface area contributed by atoms with Gasteiger partial charge in [-0.25, -0.2) is 0 Å². The van der Waals surface area contributed by atoms with Crippen molar-refractivity contribution in [1.82, 2.24) is 10.2 Å². The van der Waals surface area contributed by atoms with Gasteiger partial charge in [-0.3, -0.25) is 9.89 Å². The Hall–Kier alpha value is -1.52. The third kappa shape index (κ3) is 2.83. The van der Waals surface area contributed by atoms with Crippen molar-refractivity contribution in [1.29, 1.82) is 0 Å². The predicted octanol–water partition coefficient (Wildman–Crippen LogP) is 3.40. The van der Waals surface area contributed by atoms with Gasteiger partial charge in [-0.1, -0.05) is 29.3 Å². The highest BCUT2D eigenvalue weighted by molar-refractivity contribution is 6.42. The van der Waals surface area contributed by atoms with Gasteiger partial charge >= 0.3 is 5.97 Å². The molecule has 1 heterocycles. The average Bonchev–Trinajstić information content (AvgIpc) is 2.78. The maximum Gasteiger partial charge on any atom is 0.303 e. The normalized spacial score (nSPS) is 10.6. The van der Waals surface area contributed by atoms with Crippen LogP contribution in [-0.4, -0.2) is 21.3 Å². The lowest BCUT2D eigenvalue weighted by molar-refractivity contribution is -0.136. The van der Waals surface area contributed by atoms with Gasteiger partial charge in [-0.05, 0) is 24.1 Å². The number of H-pyrrole nitrogens is 1. The highest BCUT2D eigenvalue weighted by Crippen LogP contribution is 2.29. The van der Waals surface area contributed by atoms with Crippen LogP contribution < -0.4 is 0 Å². The van der Waals surface area contributed by atoms with Crippen LogP contribution in [0.2, 0.25) is 10.0 Å². The minimum atomic E-state index is -0.837. The number of rotatable bonds is 4. The molecule has 4 nitrogen and oxygen atoms in total. The molecule has 0 radical (unpaired) electrons. The Morgan fingerprint density at radius 1 is 1.33 bits per heavy atom. The summed E-state index contributed by atoms with van der Waals surface area (Å²) in [7, 11) is 0. The largest absolute Gasteiger partial charge is 0.481 e. The van der Waals surface area contributed by atoms with E-state index >= 15 is 0 Å². The monoisotopic (exact) mass is 284 g/mol. The summed E-state index contributed by atoms with van der Waals surface area (Å²) in [6, 6.07) is 5.23. The number of carboxylic acid groups (broad SMARTS) is 1. The van der Waals surface area contributed by atoms with Crippen molar-refractivity contribution in [3.05, 3.63) is 40.0 Å². The molecule has 2 aromatic rings. The first-order valence-corrected chi connectivity index (χ1v) is 6.03. The van der Waals surface area contributed by atoms with E-state index in [0.717, 1.165) is 16.8 Å². The Morgan fingerprint density at radius 2 is 2.11 bits per heavy atom. The number of aromatic nitrogens is 2. The first-order chi connectivity index (χ1) is 8.58. The topological polar surface area (TPSA) is 66.0 Å². The lowest BCUT2D eigenvalue weighted by Crippen LogP contribution is -1.97. The standard InChI is InChI=1S/C12H10Cl2N2O2/c13-9-3-1-7(5-10(9)14)12-8(6-15-16-12)2-4-11(17)18/h1,3,5-6H,2,4H2,(H,15,16)(H,17,18). The summed E-state index contributed by atoms with van der Waals surface area (Å²) in [5.74, 6) is -0.837. The Morgan fingerprint density at radius 3 is 2.78 bits per heavy atom. The Labute approximate surface area is 114 Å². The summed E-state index contributed by atoms with van der Waals surface area (Å²) in [6.07, 6.45) is 2.11. The molecular formula is C12H10Cl2N2O2. The van der Waals surface area contributed by atoms with E-state index in [1.165, 1.54) is 0 Å². The first-order valence-electron chi connectivity index (χ1n) is 5.27. The van der Waals surface area contributed by atoms with Crippen LogP contribution in [0.15, 0.2) is 24.4 Å². The molecule has 0 aliphatic rings. The molecule has 0 amide bonds. The van der Waals surface area contributed by atoms with Gasteiger partial charge in [-0.15, -0.1) is 0 Å². The number of halogens is 2. The molecule has 0 atom stereocenters. The van der Waals surface area contributed by atoms with Crippen LogP contribution in [0.1, 0.15) is 12.0 Å². The molecule has 0 saturated heterocycles. The highest BCUT2D eigenvalue weighted by Gasteiger charge is 2.10. The molecule has 0 aliphatic heterocycles. The second kappa shape index (κ2) is 5.42. The number of hydrogen-bond donors (Lipinski definition) is 2. The van der Waals surface area contributed by atoms with Crippen LogP contribution in [0, 0.1) is 0 Å². The van der Waals surface area contributed by atoms with Crippen molar-refractivity contribution < 1.29 is 9.90 Å². The summed E-state index contributed by atoms with van der Waals surface area (Å²) < 4.78 is 0. The maximum absolute atomic E-state index is 10.6. The molecule has 94 valence electrons. The number of carbonyl (C=O) groups is 1. The van der Waals surface area contributed by atoms with E-state index in [1.54, 1.807) is 18.3 Å². The van der Waals surface area contributed by atoms with Crippen LogP contribution >= 0.6 is 23.2 Å². The summed E-state index contributed by atoms with van der Waals surface area (Å²) in [6.45, 7) is 0. The van der Waals surface area contributed by atoms with Gasteiger partial charge in [0.2, 0.25) is 0 Å². The molecule has 0 fully saturated rings. The predicted molar refractivity (Wildman–Crippen MR) is 70.0 cm³/mol. The number of nitrogens with zero attached hydrogens (tertiary/aromatic N) is 1. The zero-order valence-electron chi connectivity index (χ0n) is 9.28. The zero-order chi connectivity index (χ0) is 13.1. The Kier molecular flexibility index (Phi) is 3.89. The van der Waals surface area contributed by atoms with Gasteiger partial charge in [0.25, 0.3) is 0 Å². The quantitative estimate of drug-likeness (QED) is 0.904.